The van der Waals surface area contributed by atoms with Crippen LogP contribution >= 0.6 is 0 Å². The summed E-state index contributed by atoms with van der Waals surface area (Å²) in [5.41, 5.74) is 1.01. The summed E-state index contributed by atoms with van der Waals surface area (Å²) in [6.07, 6.45) is 1.77. The van der Waals surface area contributed by atoms with E-state index in [0.717, 1.165) is 24.6 Å². The molecule has 3 heteroatoms. The molecule has 1 aromatic rings. The number of aromatic nitrogens is 1. The summed E-state index contributed by atoms with van der Waals surface area (Å²) in [5, 5.41) is 3.12. The number of rotatable bonds is 5. The molecule has 0 saturated carbocycles. The Labute approximate surface area is 85.5 Å². The van der Waals surface area contributed by atoms with E-state index in [-0.39, 0.29) is 0 Å². The second-order valence-corrected chi connectivity index (χ2v) is 3.61. The third-order valence-corrected chi connectivity index (χ3v) is 1.97. The number of nitrogens with one attached hydrogen (secondary N) is 1. The van der Waals surface area contributed by atoms with Gasteiger partial charge in [-0.15, -0.1) is 0 Å². The summed E-state index contributed by atoms with van der Waals surface area (Å²) in [6, 6.07) is 3.91. The maximum absolute atomic E-state index is 5.57. The first-order valence-electron chi connectivity index (χ1n) is 4.92. The molecule has 1 aromatic heterocycles. The molecule has 0 radical (unpaired) electrons. The molecule has 0 saturated heterocycles. The first-order valence-corrected chi connectivity index (χ1v) is 4.92. The van der Waals surface area contributed by atoms with E-state index in [1.54, 1.807) is 6.20 Å². The number of ether oxygens (including phenoxy) is 1. The molecule has 1 rings (SSSR count). The van der Waals surface area contributed by atoms with Crippen molar-refractivity contribution in [3.05, 3.63) is 24.0 Å². The van der Waals surface area contributed by atoms with Crippen molar-refractivity contribution in [2.45, 2.75) is 13.8 Å². The van der Waals surface area contributed by atoms with E-state index < -0.39 is 0 Å². The lowest BCUT2D eigenvalue weighted by atomic mass is 10.2. The van der Waals surface area contributed by atoms with E-state index in [9.17, 15) is 0 Å². The SMILES string of the molecule is CNCC(C)COc1ccc(C)nc1. The first-order chi connectivity index (χ1) is 6.72. The average Bonchev–Trinajstić information content (AvgIpc) is 2.17. The minimum atomic E-state index is 0.515. The van der Waals surface area contributed by atoms with Gasteiger partial charge in [0.2, 0.25) is 0 Å². The smallest absolute Gasteiger partial charge is 0.137 e. The number of hydrogen-bond acceptors (Lipinski definition) is 3. The van der Waals surface area contributed by atoms with Gasteiger partial charge in [-0.25, -0.2) is 0 Å². The van der Waals surface area contributed by atoms with Crippen molar-refractivity contribution < 1.29 is 4.74 Å². The maximum atomic E-state index is 5.57. The molecule has 0 aromatic carbocycles. The van der Waals surface area contributed by atoms with Crippen LogP contribution in [0.3, 0.4) is 0 Å². The highest BCUT2D eigenvalue weighted by Crippen LogP contribution is 2.09. The van der Waals surface area contributed by atoms with Crippen molar-refractivity contribution in [1.29, 1.82) is 0 Å². The normalized spacial score (nSPS) is 12.5. The Morgan fingerprint density at radius 3 is 2.86 bits per heavy atom. The lowest BCUT2D eigenvalue weighted by Gasteiger charge is -2.12. The number of hydrogen-bond donors (Lipinski definition) is 1. The molecule has 0 amide bonds. The molecular formula is C11H18N2O. The van der Waals surface area contributed by atoms with Gasteiger partial charge in [0, 0.05) is 18.2 Å². The van der Waals surface area contributed by atoms with Gasteiger partial charge < -0.3 is 10.1 Å². The van der Waals surface area contributed by atoms with Crippen LogP contribution in [0.1, 0.15) is 12.6 Å². The third-order valence-electron chi connectivity index (χ3n) is 1.97. The van der Waals surface area contributed by atoms with Gasteiger partial charge in [0.25, 0.3) is 0 Å². The van der Waals surface area contributed by atoms with E-state index in [1.807, 2.05) is 26.1 Å². The average molecular weight is 194 g/mol. The number of aryl methyl sites for hydroxylation is 1. The summed E-state index contributed by atoms with van der Waals surface area (Å²) in [4.78, 5) is 4.16. The second-order valence-electron chi connectivity index (χ2n) is 3.61. The van der Waals surface area contributed by atoms with Crippen LogP contribution in [-0.2, 0) is 0 Å². The Balaban J connectivity index is 2.34. The van der Waals surface area contributed by atoms with E-state index in [2.05, 4.69) is 17.2 Å². The van der Waals surface area contributed by atoms with Crippen LogP contribution < -0.4 is 10.1 Å². The molecule has 1 unspecified atom stereocenters. The minimum absolute atomic E-state index is 0.515. The molecule has 0 spiro atoms. The Kier molecular flexibility index (Phi) is 4.40. The van der Waals surface area contributed by atoms with Crippen LogP contribution in [0.4, 0.5) is 0 Å². The summed E-state index contributed by atoms with van der Waals surface area (Å²) >= 11 is 0. The lowest BCUT2D eigenvalue weighted by molar-refractivity contribution is 0.257. The first kappa shape index (κ1) is 11.0. The summed E-state index contributed by atoms with van der Waals surface area (Å²) in [6.45, 7) is 5.82. The molecule has 0 aliphatic carbocycles. The van der Waals surface area contributed by atoms with Gasteiger partial charge >= 0.3 is 0 Å². The predicted octanol–water partition coefficient (Wildman–Crippen LogP) is 1.62. The number of nitrogens with zero attached hydrogens (tertiary/aromatic N) is 1. The molecule has 3 nitrogen and oxygen atoms in total. The Morgan fingerprint density at radius 2 is 2.29 bits per heavy atom. The van der Waals surface area contributed by atoms with Crippen LogP contribution in [0, 0.1) is 12.8 Å². The Bertz CT molecular complexity index is 258. The highest BCUT2D eigenvalue weighted by atomic mass is 16.5. The topological polar surface area (TPSA) is 34.1 Å². The lowest BCUT2D eigenvalue weighted by Crippen LogP contribution is -2.21. The van der Waals surface area contributed by atoms with Gasteiger partial charge in [-0.2, -0.15) is 0 Å². The van der Waals surface area contributed by atoms with Crippen LogP contribution in [0.2, 0.25) is 0 Å². The van der Waals surface area contributed by atoms with Crippen LogP contribution in [0.15, 0.2) is 18.3 Å². The highest BCUT2D eigenvalue weighted by Gasteiger charge is 2.01. The van der Waals surface area contributed by atoms with Crippen LogP contribution in [-0.4, -0.2) is 25.2 Å². The van der Waals surface area contributed by atoms with Crippen molar-refractivity contribution >= 4 is 0 Å². The van der Waals surface area contributed by atoms with Gasteiger partial charge in [0.05, 0.1) is 12.8 Å². The summed E-state index contributed by atoms with van der Waals surface area (Å²) in [5.74, 6) is 1.36. The third kappa shape index (κ3) is 3.75. The fourth-order valence-electron chi connectivity index (χ4n) is 1.19. The van der Waals surface area contributed by atoms with Crippen molar-refractivity contribution in [2.24, 2.45) is 5.92 Å². The van der Waals surface area contributed by atoms with Crippen LogP contribution in [0.25, 0.3) is 0 Å². The van der Waals surface area contributed by atoms with E-state index >= 15 is 0 Å². The standard InChI is InChI=1S/C11H18N2O/c1-9(6-12-3)8-14-11-5-4-10(2)13-7-11/h4-5,7,9,12H,6,8H2,1-3H3. The van der Waals surface area contributed by atoms with Gasteiger partial charge in [0.15, 0.2) is 0 Å². The van der Waals surface area contributed by atoms with E-state index in [0.29, 0.717) is 5.92 Å². The Morgan fingerprint density at radius 1 is 1.50 bits per heavy atom. The molecule has 78 valence electrons. The monoisotopic (exact) mass is 194 g/mol. The fraction of sp³-hybridized carbons (Fsp3) is 0.545. The minimum Gasteiger partial charge on any atom is -0.492 e. The highest BCUT2D eigenvalue weighted by molar-refractivity contribution is 5.18. The molecule has 0 aliphatic rings. The Hall–Kier alpha value is -1.09. The largest absolute Gasteiger partial charge is 0.492 e. The van der Waals surface area contributed by atoms with Gasteiger partial charge in [0.1, 0.15) is 5.75 Å². The molecule has 0 fully saturated rings. The zero-order chi connectivity index (χ0) is 10.4. The van der Waals surface area contributed by atoms with Crippen molar-refractivity contribution in [1.82, 2.24) is 10.3 Å². The predicted molar refractivity (Wildman–Crippen MR) is 57.6 cm³/mol. The van der Waals surface area contributed by atoms with E-state index in [4.69, 9.17) is 4.74 Å². The zero-order valence-corrected chi connectivity index (χ0v) is 9.08. The zero-order valence-electron chi connectivity index (χ0n) is 9.08. The van der Waals surface area contributed by atoms with Crippen molar-refractivity contribution in [3.63, 3.8) is 0 Å². The van der Waals surface area contributed by atoms with Gasteiger partial charge in [-0.1, -0.05) is 6.92 Å². The van der Waals surface area contributed by atoms with Gasteiger partial charge in [-0.05, 0) is 26.1 Å². The van der Waals surface area contributed by atoms with Crippen molar-refractivity contribution in [2.75, 3.05) is 20.2 Å². The van der Waals surface area contributed by atoms with Crippen LogP contribution in [0.5, 0.6) is 5.75 Å². The molecule has 1 heterocycles. The molecule has 0 aliphatic heterocycles. The summed E-state index contributed by atoms with van der Waals surface area (Å²) < 4.78 is 5.57. The maximum Gasteiger partial charge on any atom is 0.137 e. The fourth-order valence-corrected chi connectivity index (χ4v) is 1.19. The second kappa shape index (κ2) is 5.60. The molecule has 1 N–H and O–H groups in total. The molecular weight excluding hydrogens is 176 g/mol. The quantitative estimate of drug-likeness (QED) is 0.773. The summed E-state index contributed by atoms with van der Waals surface area (Å²) in [7, 11) is 1.95. The van der Waals surface area contributed by atoms with Crippen molar-refractivity contribution in [3.8, 4) is 5.75 Å². The van der Waals surface area contributed by atoms with Gasteiger partial charge in [-0.3, -0.25) is 4.98 Å². The number of pyridine rings is 1. The van der Waals surface area contributed by atoms with E-state index in [1.165, 1.54) is 0 Å². The molecule has 0 bridgehead atoms. The molecule has 1 atom stereocenters. The molecule has 14 heavy (non-hydrogen) atoms.